The zero-order valence-electron chi connectivity index (χ0n) is 13.8. The van der Waals surface area contributed by atoms with Crippen LogP contribution in [0.5, 0.6) is 5.75 Å². The van der Waals surface area contributed by atoms with Gasteiger partial charge in [0.2, 0.25) is 0 Å². The van der Waals surface area contributed by atoms with E-state index in [1.54, 1.807) is 6.20 Å². The highest BCUT2D eigenvalue weighted by molar-refractivity contribution is 7.17. The van der Waals surface area contributed by atoms with E-state index in [1.165, 1.54) is 11.3 Å². The summed E-state index contributed by atoms with van der Waals surface area (Å²) in [4.78, 5) is 16.6. The van der Waals surface area contributed by atoms with Gasteiger partial charge in [-0.1, -0.05) is 30.3 Å². The first-order valence-electron chi connectivity index (χ1n) is 8.13. The molecule has 0 saturated heterocycles. The first kappa shape index (κ1) is 15.0. The normalized spacial score (nSPS) is 11.6. The summed E-state index contributed by atoms with van der Waals surface area (Å²) in [6.45, 7) is 1.87. The molecule has 0 atom stereocenters. The van der Waals surface area contributed by atoms with Gasteiger partial charge in [0, 0.05) is 10.9 Å². The van der Waals surface area contributed by atoms with Crippen molar-refractivity contribution in [2.45, 2.75) is 6.92 Å². The topological polar surface area (TPSA) is 70.6 Å². The molecule has 0 radical (unpaired) electrons. The molecule has 6 heteroatoms. The fraction of sp³-hybridized carbons (Fsp3) is 0.0500. The molecule has 128 valence electrons. The Morgan fingerprint density at radius 1 is 1.15 bits per heavy atom. The Hall–Kier alpha value is -3.25. The Morgan fingerprint density at radius 2 is 1.96 bits per heavy atom. The number of aromatic hydroxyl groups is 1. The van der Waals surface area contributed by atoms with Crippen LogP contribution in [0.15, 0.2) is 63.3 Å². The van der Waals surface area contributed by atoms with Gasteiger partial charge in [-0.15, -0.1) is 11.3 Å². The molecule has 0 aliphatic carbocycles. The van der Waals surface area contributed by atoms with E-state index in [4.69, 9.17) is 4.42 Å². The maximum Gasteiger partial charge on any atom is 0.260 e. The molecule has 1 aromatic carbocycles. The Kier molecular flexibility index (Phi) is 3.11. The van der Waals surface area contributed by atoms with E-state index >= 15 is 0 Å². The van der Waals surface area contributed by atoms with Gasteiger partial charge in [-0.3, -0.25) is 9.20 Å². The molecule has 0 spiro atoms. The van der Waals surface area contributed by atoms with E-state index in [0.29, 0.717) is 22.4 Å². The zero-order chi connectivity index (χ0) is 17.8. The minimum Gasteiger partial charge on any atom is -0.506 e. The van der Waals surface area contributed by atoms with Crippen molar-refractivity contribution in [3.05, 3.63) is 70.2 Å². The molecular formula is C20H14N2O3S. The van der Waals surface area contributed by atoms with Crippen molar-refractivity contribution >= 4 is 27.2 Å². The molecule has 2 N–H and O–H groups in total. The molecule has 0 bridgehead atoms. The van der Waals surface area contributed by atoms with Crippen LogP contribution in [-0.2, 0) is 0 Å². The number of thiophene rings is 1. The van der Waals surface area contributed by atoms with Crippen LogP contribution in [0.4, 0.5) is 0 Å². The zero-order valence-corrected chi connectivity index (χ0v) is 14.6. The number of aromatic nitrogens is 2. The van der Waals surface area contributed by atoms with Gasteiger partial charge in [-0.05, 0) is 24.6 Å². The van der Waals surface area contributed by atoms with E-state index in [0.717, 1.165) is 21.7 Å². The number of furan rings is 1. The molecule has 0 fully saturated rings. The van der Waals surface area contributed by atoms with Crippen molar-refractivity contribution in [2.75, 3.05) is 0 Å². The maximum atomic E-state index is 12.9. The molecule has 26 heavy (non-hydrogen) atoms. The Morgan fingerprint density at radius 3 is 2.69 bits per heavy atom. The number of hydrogen-bond donors (Lipinski definition) is 2. The summed E-state index contributed by atoms with van der Waals surface area (Å²) in [5, 5.41) is 13.0. The number of H-pyrrole nitrogens is 1. The monoisotopic (exact) mass is 362 g/mol. The van der Waals surface area contributed by atoms with Crippen molar-refractivity contribution in [1.82, 2.24) is 9.38 Å². The first-order chi connectivity index (χ1) is 12.6. The van der Waals surface area contributed by atoms with Crippen LogP contribution >= 0.6 is 11.3 Å². The second kappa shape index (κ2) is 5.37. The Labute approximate surface area is 151 Å². The van der Waals surface area contributed by atoms with E-state index in [1.807, 2.05) is 59.2 Å². The van der Waals surface area contributed by atoms with E-state index in [9.17, 15) is 9.90 Å². The maximum absolute atomic E-state index is 12.9. The minimum absolute atomic E-state index is 0.128. The third-order valence-electron chi connectivity index (χ3n) is 4.50. The highest BCUT2D eigenvalue weighted by atomic mass is 32.1. The van der Waals surface area contributed by atoms with Crippen LogP contribution in [0, 0.1) is 6.92 Å². The molecule has 0 unspecified atom stereocenters. The number of aromatic amines is 1. The van der Waals surface area contributed by atoms with Crippen LogP contribution < -0.4 is 5.56 Å². The second-order valence-electron chi connectivity index (χ2n) is 6.17. The van der Waals surface area contributed by atoms with Crippen LogP contribution in [0.25, 0.3) is 38.3 Å². The summed E-state index contributed by atoms with van der Waals surface area (Å²) in [6.07, 6.45) is 1.64. The summed E-state index contributed by atoms with van der Waals surface area (Å²) < 4.78 is 7.53. The molecule has 0 amide bonds. The van der Waals surface area contributed by atoms with Gasteiger partial charge in [0.05, 0.1) is 17.1 Å². The van der Waals surface area contributed by atoms with E-state index < -0.39 is 0 Å². The molecule has 0 aliphatic heterocycles. The molecule has 4 aromatic heterocycles. The molecule has 0 saturated carbocycles. The molecular weight excluding hydrogens is 348 g/mol. The van der Waals surface area contributed by atoms with Gasteiger partial charge in [-0.2, -0.15) is 0 Å². The number of nitrogens with one attached hydrogen (secondary N) is 1. The quantitative estimate of drug-likeness (QED) is 0.475. The van der Waals surface area contributed by atoms with Gasteiger partial charge in [-0.25, -0.2) is 0 Å². The lowest BCUT2D eigenvalue weighted by atomic mass is 10.1. The van der Waals surface area contributed by atoms with E-state index in [-0.39, 0.29) is 11.3 Å². The average molecular weight is 362 g/mol. The summed E-state index contributed by atoms with van der Waals surface area (Å²) in [7, 11) is 0. The third-order valence-corrected chi connectivity index (χ3v) is 5.48. The summed E-state index contributed by atoms with van der Waals surface area (Å²) in [5.41, 5.74) is 2.60. The van der Waals surface area contributed by atoms with Crippen LogP contribution in [-0.4, -0.2) is 14.5 Å². The number of hydrogen-bond acceptors (Lipinski definition) is 4. The van der Waals surface area contributed by atoms with Gasteiger partial charge >= 0.3 is 0 Å². The third kappa shape index (κ3) is 2.06. The minimum atomic E-state index is -0.201. The van der Waals surface area contributed by atoms with Crippen LogP contribution in [0.2, 0.25) is 0 Å². The number of benzene rings is 1. The molecule has 5 aromatic rings. The van der Waals surface area contributed by atoms with Crippen LogP contribution in [0.1, 0.15) is 5.76 Å². The smallest absolute Gasteiger partial charge is 0.260 e. The molecule has 0 aliphatic rings. The standard InChI is InChI=1S/C20H14N2O3S/c1-11-7-8-15(25-11)13-10-26-20-17(13)19(24)21-18-16(14(23)9-22(18)20)12-5-3-2-4-6-12/h2-10,23H,1H3,(H,21,24). The number of aryl methyl sites for hydroxylation is 1. The van der Waals surface area contributed by atoms with Crippen molar-refractivity contribution in [1.29, 1.82) is 0 Å². The van der Waals surface area contributed by atoms with Gasteiger partial charge in [0.15, 0.2) is 0 Å². The summed E-state index contributed by atoms with van der Waals surface area (Å²) in [5.74, 6) is 1.59. The highest BCUT2D eigenvalue weighted by Crippen LogP contribution is 2.38. The van der Waals surface area contributed by atoms with Gasteiger partial charge in [0.25, 0.3) is 5.56 Å². The second-order valence-corrected chi connectivity index (χ2v) is 7.03. The summed E-state index contributed by atoms with van der Waals surface area (Å²) >= 11 is 1.45. The van der Waals surface area contributed by atoms with Gasteiger partial charge in [0.1, 0.15) is 27.7 Å². The first-order valence-corrected chi connectivity index (χ1v) is 9.01. The average Bonchev–Trinajstić information content (AvgIpc) is 3.32. The van der Waals surface area contributed by atoms with Crippen molar-refractivity contribution in [3.8, 4) is 28.2 Å². The van der Waals surface area contributed by atoms with E-state index in [2.05, 4.69) is 4.98 Å². The van der Waals surface area contributed by atoms with Crippen LogP contribution in [0.3, 0.4) is 0 Å². The van der Waals surface area contributed by atoms with Crippen molar-refractivity contribution in [3.63, 3.8) is 0 Å². The fourth-order valence-corrected chi connectivity index (χ4v) is 4.38. The molecule has 5 nitrogen and oxygen atoms in total. The number of nitrogens with zero attached hydrogens (tertiary/aromatic N) is 1. The lowest BCUT2D eigenvalue weighted by Crippen LogP contribution is -2.08. The Balaban J connectivity index is 1.86. The van der Waals surface area contributed by atoms with Crippen molar-refractivity contribution in [2.24, 2.45) is 0 Å². The Bertz CT molecular complexity index is 1320. The fourth-order valence-electron chi connectivity index (χ4n) is 3.34. The van der Waals surface area contributed by atoms with Gasteiger partial charge < -0.3 is 14.5 Å². The lowest BCUT2D eigenvalue weighted by molar-refractivity contribution is 0.477. The molecule has 5 rings (SSSR count). The number of fused-ring (bicyclic) bond motifs is 3. The predicted octanol–water partition coefficient (Wildman–Crippen LogP) is 4.78. The number of rotatable bonds is 2. The highest BCUT2D eigenvalue weighted by Gasteiger charge is 2.20. The SMILES string of the molecule is Cc1ccc(-c2csc3c2c(=O)[nH]c2c(-c4ccccc4)c(O)cn23)o1. The van der Waals surface area contributed by atoms with Crippen molar-refractivity contribution < 1.29 is 9.52 Å². The largest absolute Gasteiger partial charge is 0.506 e. The lowest BCUT2D eigenvalue weighted by Gasteiger charge is -2.02. The molecule has 4 heterocycles. The summed E-state index contributed by atoms with van der Waals surface area (Å²) in [6, 6.07) is 13.3. The predicted molar refractivity (Wildman–Crippen MR) is 103 cm³/mol.